The summed E-state index contributed by atoms with van der Waals surface area (Å²) in [4.78, 5) is 25.6. The number of aliphatic hydroxyl groups excluding tert-OH is 1. The summed E-state index contributed by atoms with van der Waals surface area (Å²) in [5.74, 6) is -0.214. The predicted octanol–water partition coefficient (Wildman–Crippen LogP) is 20.8. The lowest BCUT2D eigenvalue weighted by Crippen LogP contribution is -2.45. The summed E-state index contributed by atoms with van der Waals surface area (Å²) in [5, 5.41) is 13.9. The van der Waals surface area contributed by atoms with Crippen molar-refractivity contribution in [2.45, 2.75) is 283 Å². The van der Waals surface area contributed by atoms with E-state index in [1.54, 1.807) is 6.08 Å². The van der Waals surface area contributed by atoms with E-state index in [1.165, 1.54) is 154 Å². The summed E-state index contributed by atoms with van der Waals surface area (Å²) < 4.78 is 23.4. The zero-order chi connectivity index (χ0) is 59.8. The van der Waals surface area contributed by atoms with Crippen molar-refractivity contribution in [3.63, 3.8) is 0 Å². The molecule has 0 aromatic heterocycles. The summed E-state index contributed by atoms with van der Waals surface area (Å²) >= 11 is 0. The average molecular weight is 1160 g/mol. The second kappa shape index (κ2) is 62.2. The van der Waals surface area contributed by atoms with Gasteiger partial charge < -0.3 is 28.8 Å². The number of hydrogen-bond acceptors (Lipinski definition) is 6. The molecular weight excluding hydrogens is 1030 g/mol. The Morgan fingerprint density at radius 3 is 1.13 bits per heavy atom. The number of rotatable bonds is 60. The third kappa shape index (κ3) is 64.2. The van der Waals surface area contributed by atoms with Crippen molar-refractivity contribution in [1.29, 1.82) is 0 Å². The number of allylic oxidation sites excluding steroid dienone is 21. The number of phosphoric ester groups is 1. The Bertz CT molecular complexity index is 1800. The molecule has 1 amide bonds. The highest BCUT2D eigenvalue weighted by atomic mass is 31.2. The minimum absolute atomic E-state index is 0.0134. The summed E-state index contributed by atoms with van der Waals surface area (Å²) in [7, 11) is 1.23. The first-order valence-electron chi connectivity index (χ1n) is 33.5. The quantitative estimate of drug-likeness (QED) is 0.0272. The molecule has 0 aromatic carbocycles. The van der Waals surface area contributed by atoms with Gasteiger partial charge in [0.15, 0.2) is 0 Å². The lowest BCUT2D eigenvalue weighted by atomic mass is 10.0. The molecule has 3 unspecified atom stereocenters. The van der Waals surface area contributed by atoms with Gasteiger partial charge in [-0.1, -0.05) is 289 Å². The van der Waals surface area contributed by atoms with Crippen molar-refractivity contribution < 1.29 is 32.9 Å². The van der Waals surface area contributed by atoms with Crippen LogP contribution in [0.5, 0.6) is 0 Å². The molecule has 0 aromatic rings. The molecule has 470 valence electrons. The fourth-order valence-corrected chi connectivity index (χ4v) is 9.87. The van der Waals surface area contributed by atoms with E-state index >= 15 is 0 Å². The van der Waals surface area contributed by atoms with Gasteiger partial charge in [-0.25, -0.2) is 0 Å². The lowest BCUT2D eigenvalue weighted by molar-refractivity contribution is -0.870. The van der Waals surface area contributed by atoms with Crippen LogP contribution in [0.1, 0.15) is 271 Å². The molecule has 0 rings (SSSR count). The van der Waals surface area contributed by atoms with E-state index in [-0.39, 0.29) is 12.5 Å². The molecule has 0 aliphatic carbocycles. The smallest absolute Gasteiger partial charge is 0.268 e. The normalized spacial score (nSPS) is 14.6. The van der Waals surface area contributed by atoms with Crippen LogP contribution in [0.4, 0.5) is 0 Å². The number of aliphatic hydroxyl groups is 1. The van der Waals surface area contributed by atoms with Crippen molar-refractivity contribution in [1.82, 2.24) is 5.32 Å². The number of carbonyl (C=O) groups is 1. The van der Waals surface area contributed by atoms with Gasteiger partial charge >= 0.3 is 0 Å². The fraction of sp³-hybridized carbons (Fsp3) is 0.685. The molecule has 0 fully saturated rings. The summed E-state index contributed by atoms with van der Waals surface area (Å²) in [6.45, 7) is 4.51. The van der Waals surface area contributed by atoms with Gasteiger partial charge in [-0.05, 0) is 109 Å². The monoisotopic (exact) mass is 1160 g/mol. The Kier molecular flexibility index (Phi) is 59.6. The Hall–Kier alpha value is -3.36. The SMILES string of the molecule is CC/C=C\C/C=C\C/C=C\C/C=C\C/C=C\C/C=C\C/C=C\C/C=C\CCCCCCCCCCCCCCCCCCC(=O)NC(COP(=O)([O-])OCC[N+](C)(C)C)C(O)/C=C/CC/C=C/CC/C=C/CCCCCCCCCCC. The Labute approximate surface area is 506 Å². The Morgan fingerprint density at radius 2 is 0.756 bits per heavy atom. The molecular formula is C73H127N2O6P. The van der Waals surface area contributed by atoms with Crippen LogP contribution in [0, 0.1) is 0 Å². The maximum Gasteiger partial charge on any atom is 0.268 e. The predicted molar refractivity (Wildman–Crippen MR) is 357 cm³/mol. The minimum atomic E-state index is -4.62. The van der Waals surface area contributed by atoms with E-state index in [0.717, 1.165) is 96.3 Å². The van der Waals surface area contributed by atoms with Crippen LogP contribution in [-0.2, 0) is 18.4 Å². The first-order valence-corrected chi connectivity index (χ1v) is 35.0. The van der Waals surface area contributed by atoms with E-state index < -0.39 is 26.6 Å². The molecule has 0 heterocycles. The van der Waals surface area contributed by atoms with Crippen LogP contribution >= 0.6 is 7.82 Å². The fourth-order valence-electron chi connectivity index (χ4n) is 9.14. The third-order valence-electron chi connectivity index (χ3n) is 14.3. The summed E-state index contributed by atoms with van der Waals surface area (Å²) in [6, 6.07) is -0.917. The van der Waals surface area contributed by atoms with Gasteiger partial charge in [0, 0.05) is 6.42 Å². The minimum Gasteiger partial charge on any atom is -0.756 e. The molecule has 0 bridgehead atoms. The number of unbranched alkanes of at least 4 members (excludes halogenated alkanes) is 27. The van der Waals surface area contributed by atoms with Crippen LogP contribution in [0.25, 0.3) is 0 Å². The first kappa shape index (κ1) is 78.6. The Morgan fingerprint density at radius 1 is 0.439 bits per heavy atom. The van der Waals surface area contributed by atoms with Crippen LogP contribution in [0.3, 0.4) is 0 Å². The largest absolute Gasteiger partial charge is 0.756 e. The molecule has 82 heavy (non-hydrogen) atoms. The van der Waals surface area contributed by atoms with Crippen molar-refractivity contribution in [3.05, 3.63) is 134 Å². The van der Waals surface area contributed by atoms with E-state index in [9.17, 15) is 19.4 Å². The zero-order valence-electron chi connectivity index (χ0n) is 53.6. The zero-order valence-corrected chi connectivity index (χ0v) is 54.5. The van der Waals surface area contributed by atoms with E-state index in [2.05, 4.69) is 141 Å². The van der Waals surface area contributed by atoms with E-state index in [4.69, 9.17) is 9.05 Å². The molecule has 0 aliphatic heterocycles. The van der Waals surface area contributed by atoms with Crippen molar-refractivity contribution in [2.24, 2.45) is 0 Å². The van der Waals surface area contributed by atoms with Crippen LogP contribution in [0.2, 0.25) is 0 Å². The number of likely N-dealkylation sites (N-methyl/N-ethyl adjacent to an activating group) is 1. The van der Waals surface area contributed by atoms with Gasteiger partial charge in [0.25, 0.3) is 7.82 Å². The van der Waals surface area contributed by atoms with E-state index in [0.29, 0.717) is 17.4 Å². The molecule has 0 saturated heterocycles. The van der Waals surface area contributed by atoms with Crippen molar-refractivity contribution >= 4 is 13.7 Å². The lowest BCUT2D eigenvalue weighted by Gasteiger charge is -2.29. The molecule has 0 spiro atoms. The van der Waals surface area contributed by atoms with Crippen LogP contribution in [-0.4, -0.2) is 68.5 Å². The second-order valence-electron chi connectivity index (χ2n) is 23.4. The first-order chi connectivity index (χ1) is 40.0. The number of phosphoric acid groups is 1. The standard InChI is InChI=1S/C73H127N2O6P/c1-6-8-10-12-14-16-18-20-22-24-26-27-28-29-30-31-32-33-34-35-36-37-38-39-40-41-42-43-44-45-46-47-49-51-53-55-57-59-61-63-65-67-73(77)74-71(70-81-82(78,79)80-69-68-75(3,4)5)72(76)66-64-62-60-58-56-54-52-50-48-25-23-21-19-17-15-13-11-9-7-2/h8,10,14,16,20,22,26-27,29-30,32-33,35-36,38-39,48,50,56,58,64,66,71-72,76H,6-7,9,11-13,15,17-19,21,23-25,28,31,34,37,40-47,49,51-55,57,59-63,65,67-70H2,1-5H3,(H-,74,77,78,79)/b10-8-,16-14-,22-20-,27-26-,30-29-,33-32-,36-35-,39-38-,50-48+,58-56+,66-64+. The second-order valence-corrected chi connectivity index (χ2v) is 24.8. The molecule has 0 aliphatic rings. The highest BCUT2D eigenvalue weighted by molar-refractivity contribution is 7.45. The van der Waals surface area contributed by atoms with E-state index in [1.807, 2.05) is 27.2 Å². The molecule has 9 heteroatoms. The van der Waals surface area contributed by atoms with Gasteiger partial charge in [-0.3, -0.25) is 9.36 Å². The topological polar surface area (TPSA) is 108 Å². The number of quaternary nitrogens is 1. The van der Waals surface area contributed by atoms with Crippen LogP contribution in [0.15, 0.2) is 134 Å². The highest BCUT2D eigenvalue weighted by Gasteiger charge is 2.23. The van der Waals surface area contributed by atoms with Gasteiger partial charge in [-0.15, -0.1) is 0 Å². The number of nitrogens with one attached hydrogen (secondary N) is 1. The number of nitrogens with zero attached hydrogens (tertiary/aromatic N) is 1. The third-order valence-corrected chi connectivity index (χ3v) is 15.3. The van der Waals surface area contributed by atoms with Crippen LogP contribution < -0.4 is 10.2 Å². The molecule has 3 atom stereocenters. The van der Waals surface area contributed by atoms with Gasteiger partial charge in [0.2, 0.25) is 5.91 Å². The molecule has 2 N–H and O–H groups in total. The molecule has 0 radical (unpaired) electrons. The maximum atomic E-state index is 13.0. The van der Waals surface area contributed by atoms with Gasteiger partial charge in [-0.2, -0.15) is 0 Å². The average Bonchev–Trinajstić information content (AvgIpc) is 3.47. The molecule has 0 saturated carbocycles. The van der Waals surface area contributed by atoms with Crippen molar-refractivity contribution in [3.8, 4) is 0 Å². The number of hydrogen-bond donors (Lipinski definition) is 2. The number of amides is 1. The Balaban J connectivity index is 4.07. The molecule has 8 nitrogen and oxygen atoms in total. The highest BCUT2D eigenvalue weighted by Crippen LogP contribution is 2.38. The number of carbonyl (C=O) groups excluding carboxylic acids is 1. The maximum absolute atomic E-state index is 13.0. The van der Waals surface area contributed by atoms with Gasteiger partial charge in [0.1, 0.15) is 13.2 Å². The van der Waals surface area contributed by atoms with Crippen molar-refractivity contribution in [2.75, 3.05) is 40.9 Å². The summed E-state index contributed by atoms with van der Waals surface area (Å²) in [6.07, 6.45) is 94.2. The summed E-state index contributed by atoms with van der Waals surface area (Å²) in [5.41, 5.74) is 0. The van der Waals surface area contributed by atoms with Gasteiger partial charge in [0.05, 0.1) is 39.9 Å².